The molecule has 0 saturated heterocycles. The van der Waals surface area contributed by atoms with Crippen molar-refractivity contribution < 1.29 is 4.74 Å². The molecule has 5 rings (SSSR count). The highest BCUT2D eigenvalue weighted by Gasteiger charge is 2.22. The molecule has 0 aliphatic heterocycles. The summed E-state index contributed by atoms with van der Waals surface area (Å²) in [5.41, 5.74) is 2.32. The molecule has 1 saturated carbocycles. The predicted molar refractivity (Wildman–Crippen MR) is 163 cm³/mol. The van der Waals surface area contributed by atoms with Gasteiger partial charge in [-0.1, -0.05) is 89.0 Å². The molecule has 190 valence electrons. The van der Waals surface area contributed by atoms with Gasteiger partial charge < -0.3 is 4.74 Å². The molecular formula is C28H23Br4N3O2. The Morgan fingerprint density at radius 2 is 1.62 bits per heavy atom. The highest BCUT2D eigenvalue weighted by atomic mass is 79.9. The van der Waals surface area contributed by atoms with Crippen LogP contribution in [0.4, 0.5) is 0 Å². The number of nitrogens with zero attached hydrogens (tertiary/aromatic N) is 3. The normalized spacial score (nSPS) is 14.5. The van der Waals surface area contributed by atoms with E-state index >= 15 is 0 Å². The molecule has 0 amide bonds. The van der Waals surface area contributed by atoms with Crippen molar-refractivity contribution in [1.82, 2.24) is 9.66 Å². The first-order valence-corrected chi connectivity index (χ1v) is 15.2. The van der Waals surface area contributed by atoms with Gasteiger partial charge in [-0.2, -0.15) is 9.78 Å². The summed E-state index contributed by atoms with van der Waals surface area (Å²) < 4.78 is 11.4. The topological polar surface area (TPSA) is 56.5 Å². The molecule has 0 N–H and O–H groups in total. The molecule has 0 atom stereocenters. The standard InChI is InChI=1S/C28H23Br4N3O2/c29-20-9-11-26(37-16-18-6-7-22(31)14-24(18)32)19(12-20)15-33-35-27(17-4-2-1-3-5-17)34-25-10-8-21(30)13-23(25)28(35)36/h6-15,17H,1-5,16H2. The van der Waals surface area contributed by atoms with Gasteiger partial charge in [0.2, 0.25) is 0 Å². The van der Waals surface area contributed by atoms with Crippen molar-refractivity contribution >= 4 is 80.8 Å². The summed E-state index contributed by atoms with van der Waals surface area (Å²) in [6.45, 7) is 0.384. The summed E-state index contributed by atoms with van der Waals surface area (Å²) in [6.07, 6.45) is 7.21. The number of hydrogen-bond acceptors (Lipinski definition) is 4. The zero-order valence-corrected chi connectivity index (χ0v) is 26.1. The van der Waals surface area contributed by atoms with E-state index in [9.17, 15) is 4.79 Å². The van der Waals surface area contributed by atoms with Gasteiger partial charge in [0.05, 0.1) is 17.1 Å². The van der Waals surface area contributed by atoms with Crippen LogP contribution in [-0.4, -0.2) is 15.9 Å². The molecule has 4 aromatic rings. The minimum Gasteiger partial charge on any atom is -0.488 e. The van der Waals surface area contributed by atoms with E-state index in [1.807, 2.05) is 54.6 Å². The Morgan fingerprint density at radius 3 is 2.41 bits per heavy atom. The monoisotopic (exact) mass is 749 g/mol. The van der Waals surface area contributed by atoms with Gasteiger partial charge in [-0.05, 0) is 61.4 Å². The van der Waals surface area contributed by atoms with Crippen LogP contribution in [0.5, 0.6) is 5.75 Å². The molecule has 0 spiro atoms. The van der Waals surface area contributed by atoms with E-state index < -0.39 is 0 Å². The number of rotatable bonds is 6. The second kappa shape index (κ2) is 11.9. The maximum Gasteiger partial charge on any atom is 0.282 e. The lowest BCUT2D eigenvalue weighted by molar-refractivity contribution is 0.305. The van der Waals surface area contributed by atoms with Gasteiger partial charge in [0, 0.05) is 34.9 Å². The van der Waals surface area contributed by atoms with Crippen LogP contribution in [0.2, 0.25) is 0 Å². The average molecular weight is 753 g/mol. The number of hydrogen-bond donors (Lipinski definition) is 0. The third kappa shape index (κ3) is 6.27. The summed E-state index contributed by atoms with van der Waals surface area (Å²) in [5, 5.41) is 5.24. The quantitative estimate of drug-likeness (QED) is 0.185. The van der Waals surface area contributed by atoms with Crippen molar-refractivity contribution in [3.8, 4) is 5.75 Å². The lowest BCUT2D eigenvalue weighted by atomic mass is 9.88. The van der Waals surface area contributed by atoms with Crippen LogP contribution in [0.15, 0.2) is 82.4 Å². The number of fused-ring (bicyclic) bond motifs is 1. The summed E-state index contributed by atoms with van der Waals surface area (Å²) in [5.74, 6) is 1.61. The highest BCUT2D eigenvalue weighted by Crippen LogP contribution is 2.32. The van der Waals surface area contributed by atoms with Crippen LogP contribution in [0, 0.1) is 0 Å². The van der Waals surface area contributed by atoms with Gasteiger partial charge in [0.25, 0.3) is 5.56 Å². The van der Waals surface area contributed by atoms with Crippen LogP contribution in [0.3, 0.4) is 0 Å². The van der Waals surface area contributed by atoms with E-state index in [1.54, 1.807) is 6.21 Å². The second-order valence-corrected chi connectivity index (χ2v) is 12.6. The van der Waals surface area contributed by atoms with Crippen LogP contribution in [0.1, 0.15) is 55.0 Å². The Bertz CT molecular complexity index is 1540. The maximum atomic E-state index is 13.6. The van der Waals surface area contributed by atoms with Gasteiger partial charge in [0.15, 0.2) is 0 Å². The molecule has 1 aliphatic carbocycles. The first-order valence-electron chi connectivity index (χ1n) is 12.0. The highest BCUT2D eigenvalue weighted by molar-refractivity contribution is 9.11. The SMILES string of the molecule is O=c1c2cc(Br)ccc2nc(C2CCCCC2)n1N=Cc1cc(Br)ccc1OCc1ccc(Br)cc1Br. The Hall–Kier alpha value is -1.81. The molecule has 0 radical (unpaired) electrons. The lowest BCUT2D eigenvalue weighted by Gasteiger charge is -2.22. The fraction of sp³-hybridized carbons (Fsp3) is 0.250. The molecule has 1 fully saturated rings. The Kier molecular flexibility index (Phi) is 8.63. The Morgan fingerprint density at radius 1 is 0.919 bits per heavy atom. The average Bonchev–Trinajstić information content (AvgIpc) is 2.89. The van der Waals surface area contributed by atoms with Crippen LogP contribution >= 0.6 is 63.7 Å². The molecule has 0 unspecified atom stereocenters. The van der Waals surface area contributed by atoms with E-state index in [-0.39, 0.29) is 11.5 Å². The molecular weight excluding hydrogens is 730 g/mol. The zero-order valence-electron chi connectivity index (χ0n) is 19.8. The smallest absolute Gasteiger partial charge is 0.282 e. The lowest BCUT2D eigenvalue weighted by Crippen LogP contribution is -2.25. The Balaban J connectivity index is 1.53. The summed E-state index contributed by atoms with van der Waals surface area (Å²) in [4.78, 5) is 18.6. The fourth-order valence-corrected chi connectivity index (χ4v) is 6.47. The number of halogens is 4. The summed E-state index contributed by atoms with van der Waals surface area (Å²) >= 11 is 14.1. The minimum atomic E-state index is -0.167. The van der Waals surface area contributed by atoms with E-state index in [4.69, 9.17) is 14.8 Å². The first kappa shape index (κ1) is 26.8. The van der Waals surface area contributed by atoms with Gasteiger partial charge in [-0.25, -0.2) is 4.98 Å². The summed E-state index contributed by atoms with van der Waals surface area (Å²) in [7, 11) is 0. The van der Waals surface area contributed by atoms with Crippen LogP contribution < -0.4 is 10.3 Å². The van der Waals surface area contributed by atoms with Crippen LogP contribution in [0.25, 0.3) is 10.9 Å². The van der Waals surface area contributed by atoms with Crippen molar-refractivity contribution in [2.75, 3.05) is 0 Å². The molecule has 1 aliphatic rings. The molecule has 5 nitrogen and oxygen atoms in total. The zero-order chi connectivity index (χ0) is 25.9. The fourth-order valence-electron chi connectivity index (χ4n) is 4.57. The number of ether oxygens (including phenoxy) is 1. The molecule has 9 heteroatoms. The minimum absolute atomic E-state index is 0.167. The van der Waals surface area contributed by atoms with Crippen molar-refractivity contribution in [2.45, 2.75) is 44.6 Å². The Labute approximate surface area is 248 Å². The number of benzene rings is 3. The maximum absolute atomic E-state index is 13.6. The van der Waals surface area contributed by atoms with Crippen LogP contribution in [-0.2, 0) is 6.61 Å². The first-order chi connectivity index (χ1) is 17.9. The van der Waals surface area contributed by atoms with E-state index in [1.165, 1.54) is 11.1 Å². The van der Waals surface area contributed by atoms with E-state index in [0.29, 0.717) is 23.3 Å². The summed E-state index contributed by atoms with van der Waals surface area (Å²) in [6, 6.07) is 17.4. The third-order valence-electron chi connectivity index (χ3n) is 6.49. The molecule has 3 aromatic carbocycles. The van der Waals surface area contributed by atoms with Crippen molar-refractivity contribution in [1.29, 1.82) is 0 Å². The van der Waals surface area contributed by atoms with Gasteiger partial charge in [0.1, 0.15) is 18.2 Å². The van der Waals surface area contributed by atoms with Crippen molar-refractivity contribution in [3.05, 3.63) is 99.8 Å². The van der Waals surface area contributed by atoms with E-state index in [2.05, 4.69) is 63.7 Å². The second-order valence-electron chi connectivity index (χ2n) is 9.03. The van der Waals surface area contributed by atoms with Gasteiger partial charge in [-0.15, -0.1) is 0 Å². The van der Waals surface area contributed by atoms with Crippen molar-refractivity contribution in [2.24, 2.45) is 5.10 Å². The number of aromatic nitrogens is 2. The largest absolute Gasteiger partial charge is 0.488 e. The molecule has 37 heavy (non-hydrogen) atoms. The van der Waals surface area contributed by atoms with E-state index in [0.717, 1.165) is 60.5 Å². The molecule has 0 bridgehead atoms. The third-order valence-corrected chi connectivity index (χ3v) is 8.70. The molecule has 1 heterocycles. The van der Waals surface area contributed by atoms with Crippen molar-refractivity contribution in [3.63, 3.8) is 0 Å². The predicted octanol–water partition coefficient (Wildman–Crippen LogP) is 8.96. The van der Waals surface area contributed by atoms with Gasteiger partial charge in [-0.3, -0.25) is 4.79 Å². The van der Waals surface area contributed by atoms with Gasteiger partial charge >= 0.3 is 0 Å². The molecule has 1 aromatic heterocycles.